The number of benzene rings is 1. The summed E-state index contributed by atoms with van der Waals surface area (Å²) in [7, 11) is 0. The Morgan fingerprint density at radius 2 is 2.13 bits per heavy atom. The number of carbonyl (C=O) groups excluding carboxylic acids is 1. The first-order valence-electron chi connectivity index (χ1n) is 9.71. The molecule has 0 aliphatic carbocycles. The number of halogens is 2. The SMILES string of the molecule is Cc1cc(NC(=O)C2CCN(c3c(C#N)cnc4ccc(OC(F)F)cc34)CC2)no1. The molecule has 2 aromatic heterocycles. The molecular formula is C21H19F2N5O3. The predicted octanol–water partition coefficient (Wildman–Crippen LogP) is 3.86. The predicted molar refractivity (Wildman–Crippen MR) is 108 cm³/mol. The maximum Gasteiger partial charge on any atom is 0.387 e. The van der Waals surface area contributed by atoms with E-state index >= 15 is 0 Å². The summed E-state index contributed by atoms with van der Waals surface area (Å²) in [4.78, 5) is 18.8. The van der Waals surface area contributed by atoms with Crippen LogP contribution in [0.3, 0.4) is 0 Å². The van der Waals surface area contributed by atoms with E-state index in [1.165, 1.54) is 18.3 Å². The van der Waals surface area contributed by atoms with Crippen molar-refractivity contribution in [1.29, 1.82) is 5.26 Å². The number of ether oxygens (including phenoxy) is 1. The van der Waals surface area contributed by atoms with Crippen molar-refractivity contribution in [2.75, 3.05) is 23.3 Å². The first-order chi connectivity index (χ1) is 14.9. The van der Waals surface area contributed by atoms with E-state index in [2.05, 4.69) is 26.3 Å². The number of piperidine rings is 1. The fourth-order valence-electron chi connectivity index (χ4n) is 3.78. The molecule has 1 amide bonds. The van der Waals surface area contributed by atoms with Crippen LogP contribution in [0.25, 0.3) is 10.9 Å². The van der Waals surface area contributed by atoms with Gasteiger partial charge < -0.3 is 19.5 Å². The van der Waals surface area contributed by atoms with E-state index in [9.17, 15) is 18.8 Å². The Kier molecular flexibility index (Phi) is 5.66. The number of fused-ring (bicyclic) bond motifs is 1. The normalized spacial score (nSPS) is 14.6. The van der Waals surface area contributed by atoms with Crippen LogP contribution in [0, 0.1) is 24.2 Å². The van der Waals surface area contributed by atoms with Gasteiger partial charge >= 0.3 is 6.61 Å². The third-order valence-corrected chi connectivity index (χ3v) is 5.22. The molecule has 1 aromatic carbocycles. The van der Waals surface area contributed by atoms with Crippen LogP contribution in [0.1, 0.15) is 24.2 Å². The minimum Gasteiger partial charge on any atom is -0.435 e. The van der Waals surface area contributed by atoms with Gasteiger partial charge in [-0.1, -0.05) is 5.16 Å². The average molecular weight is 427 g/mol. The maximum atomic E-state index is 12.6. The molecule has 160 valence electrons. The fourth-order valence-corrected chi connectivity index (χ4v) is 3.78. The molecule has 0 spiro atoms. The van der Waals surface area contributed by atoms with E-state index in [1.54, 1.807) is 19.1 Å². The van der Waals surface area contributed by atoms with Crippen molar-refractivity contribution in [3.05, 3.63) is 41.8 Å². The summed E-state index contributed by atoms with van der Waals surface area (Å²) < 4.78 is 34.8. The number of alkyl halides is 2. The number of aryl methyl sites for hydroxylation is 1. The molecule has 0 atom stereocenters. The number of anilines is 2. The van der Waals surface area contributed by atoms with Crippen molar-refractivity contribution in [3.63, 3.8) is 0 Å². The van der Waals surface area contributed by atoms with Gasteiger partial charge in [-0.3, -0.25) is 9.78 Å². The number of hydrogen-bond donors (Lipinski definition) is 1. The Morgan fingerprint density at radius 3 is 2.77 bits per heavy atom. The summed E-state index contributed by atoms with van der Waals surface area (Å²) in [5.74, 6) is 0.625. The van der Waals surface area contributed by atoms with Crippen molar-refractivity contribution in [2.45, 2.75) is 26.4 Å². The lowest BCUT2D eigenvalue weighted by molar-refractivity contribution is -0.120. The van der Waals surface area contributed by atoms with Gasteiger partial charge in [0.05, 0.1) is 16.8 Å². The standard InChI is InChI=1S/C21H19F2N5O3/c1-12-8-18(27-31-12)26-20(29)13-4-6-28(7-5-13)19-14(10-24)11-25-17-3-2-15(9-16(17)19)30-21(22)23/h2-3,8-9,11,13,21H,4-7H2,1H3,(H,26,27,29). The van der Waals surface area contributed by atoms with Crippen LogP contribution in [0.2, 0.25) is 0 Å². The van der Waals surface area contributed by atoms with Crippen LogP contribution in [0.5, 0.6) is 5.75 Å². The number of amides is 1. The zero-order valence-corrected chi connectivity index (χ0v) is 16.6. The van der Waals surface area contributed by atoms with Crippen molar-refractivity contribution >= 4 is 28.3 Å². The molecule has 8 nitrogen and oxygen atoms in total. The van der Waals surface area contributed by atoms with Gasteiger partial charge in [-0.2, -0.15) is 14.0 Å². The molecular weight excluding hydrogens is 408 g/mol. The molecule has 10 heteroatoms. The molecule has 0 saturated carbocycles. The lowest BCUT2D eigenvalue weighted by Crippen LogP contribution is -2.38. The van der Waals surface area contributed by atoms with Gasteiger partial charge in [-0.15, -0.1) is 0 Å². The van der Waals surface area contributed by atoms with E-state index in [0.717, 1.165) is 0 Å². The summed E-state index contributed by atoms with van der Waals surface area (Å²) in [6.45, 7) is -0.173. The molecule has 1 saturated heterocycles. The number of pyridine rings is 1. The number of nitriles is 1. The first kappa shape index (κ1) is 20.5. The minimum absolute atomic E-state index is 0.00203. The second kappa shape index (κ2) is 8.55. The van der Waals surface area contributed by atoms with Gasteiger partial charge in [0.1, 0.15) is 17.6 Å². The molecule has 0 bridgehead atoms. The van der Waals surface area contributed by atoms with E-state index < -0.39 is 6.61 Å². The number of aromatic nitrogens is 2. The molecule has 1 N–H and O–H groups in total. The van der Waals surface area contributed by atoms with E-state index in [-0.39, 0.29) is 17.6 Å². The Morgan fingerprint density at radius 1 is 1.35 bits per heavy atom. The zero-order valence-electron chi connectivity index (χ0n) is 16.6. The fraction of sp³-hybridized carbons (Fsp3) is 0.333. The second-order valence-corrected chi connectivity index (χ2v) is 7.26. The van der Waals surface area contributed by atoms with Gasteiger partial charge in [0.15, 0.2) is 5.82 Å². The van der Waals surface area contributed by atoms with Gasteiger partial charge in [0.25, 0.3) is 0 Å². The maximum absolute atomic E-state index is 12.6. The van der Waals surface area contributed by atoms with Crippen LogP contribution >= 0.6 is 0 Å². The average Bonchev–Trinajstić information content (AvgIpc) is 3.17. The van der Waals surface area contributed by atoms with Gasteiger partial charge in [0, 0.05) is 36.7 Å². The molecule has 1 fully saturated rings. The molecule has 1 aliphatic rings. The van der Waals surface area contributed by atoms with Gasteiger partial charge in [-0.25, -0.2) is 0 Å². The topological polar surface area (TPSA) is 104 Å². The number of carbonyl (C=O) groups is 1. The van der Waals surface area contributed by atoms with Crippen molar-refractivity contribution in [2.24, 2.45) is 5.92 Å². The smallest absolute Gasteiger partial charge is 0.387 e. The third-order valence-electron chi connectivity index (χ3n) is 5.22. The molecule has 31 heavy (non-hydrogen) atoms. The van der Waals surface area contributed by atoms with E-state index in [1.807, 2.05) is 4.90 Å². The monoisotopic (exact) mass is 427 g/mol. The summed E-state index contributed by atoms with van der Waals surface area (Å²) in [5.41, 5.74) is 1.51. The van der Waals surface area contributed by atoms with Crippen LogP contribution < -0.4 is 15.0 Å². The Hall–Kier alpha value is -3.74. The number of rotatable bonds is 5. The highest BCUT2D eigenvalue weighted by atomic mass is 19.3. The minimum atomic E-state index is -2.95. The second-order valence-electron chi connectivity index (χ2n) is 7.26. The molecule has 0 unspecified atom stereocenters. The van der Waals surface area contributed by atoms with Crippen LogP contribution in [0.15, 0.2) is 35.0 Å². The molecule has 4 rings (SSSR count). The largest absolute Gasteiger partial charge is 0.435 e. The zero-order chi connectivity index (χ0) is 22.0. The Labute approximate surface area is 176 Å². The Balaban J connectivity index is 1.55. The number of hydrogen-bond acceptors (Lipinski definition) is 7. The number of nitrogens with zero attached hydrogens (tertiary/aromatic N) is 4. The molecule has 0 radical (unpaired) electrons. The molecule has 1 aliphatic heterocycles. The van der Waals surface area contributed by atoms with Crippen LogP contribution in [-0.2, 0) is 4.79 Å². The van der Waals surface area contributed by atoms with Crippen molar-refractivity contribution in [1.82, 2.24) is 10.1 Å². The molecule has 3 heterocycles. The highest BCUT2D eigenvalue weighted by molar-refractivity contribution is 5.96. The third kappa shape index (κ3) is 4.40. The van der Waals surface area contributed by atoms with Crippen molar-refractivity contribution < 1.29 is 22.8 Å². The lowest BCUT2D eigenvalue weighted by atomic mass is 9.94. The highest BCUT2D eigenvalue weighted by Crippen LogP contribution is 2.35. The van der Waals surface area contributed by atoms with Crippen LogP contribution in [-0.4, -0.2) is 35.7 Å². The number of nitrogens with one attached hydrogen (secondary N) is 1. The van der Waals surface area contributed by atoms with E-state index in [4.69, 9.17) is 4.52 Å². The van der Waals surface area contributed by atoms with E-state index in [0.29, 0.717) is 59.7 Å². The molecule has 3 aromatic rings. The quantitative estimate of drug-likeness (QED) is 0.659. The van der Waals surface area contributed by atoms with Gasteiger partial charge in [-0.05, 0) is 38.0 Å². The summed E-state index contributed by atoms with van der Waals surface area (Å²) >= 11 is 0. The summed E-state index contributed by atoms with van der Waals surface area (Å²) in [5, 5.41) is 16.7. The van der Waals surface area contributed by atoms with Crippen LogP contribution in [0.4, 0.5) is 20.3 Å². The lowest BCUT2D eigenvalue weighted by Gasteiger charge is -2.34. The highest BCUT2D eigenvalue weighted by Gasteiger charge is 2.28. The van der Waals surface area contributed by atoms with Crippen molar-refractivity contribution in [3.8, 4) is 11.8 Å². The van der Waals surface area contributed by atoms with Gasteiger partial charge in [0.2, 0.25) is 5.91 Å². The summed E-state index contributed by atoms with van der Waals surface area (Å²) in [6.07, 6.45) is 2.59. The first-order valence-corrected chi connectivity index (χ1v) is 9.71. The Bertz CT molecular complexity index is 1150. The summed E-state index contributed by atoms with van der Waals surface area (Å²) in [6, 6.07) is 8.24.